The minimum absolute atomic E-state index is 0.146. The Morgan fingerprint density at radius 2 is 1.61 bits per heavy atom. The van der Waals surface area contributed by atoms with Crippen LogP contribution in [0.4, 0.5) is 0 Å². The van der Waals surface area contributed by atoms with Crippen molar-refractivity contribution in [1.29, 1.82) is 0 Å². The maximum absolute atomic E-state index is 12.6. The van der Waals surface area contributed by atoms with Gasteiger partial charge in [0.2, 0.25) is 0 Å². The number of aryl methyl sites for hydroxylation is 1. The molecule has 2 aromatic carbocycles. The zero-order chi connectivity index (χ0) is 20.8. The molecule has 0 saturated carbocycles. The second kappa shape index (κ2) is 9.49. The minimum Gasteiger partial charge on any atom is -0.497 e. The SMILES string of the molecule is COc1cccc(O[C@@H](C)C(=O)N[C@@H](C)c2cc(C(C)C)c(OC)cc2C)c1. The summed E-state index contributed by atoms with van der Waals surface area (Å²) in [5.41, 5.74) is 3.28. The van der Waals surface area contributed by atoms with Gasteiger partial charge >= 0.3 is 0 Å². The third-order valence-electron chi connectivity index (χ3n) is 4.79. The van der Waals surface area contributed by atoms with Crippen molar-refractivity contribution in [3.05, 3.63) is 53.1 Å². The van der Waals surface area contributed by atoms with E-state index in [2.05, 4.69) is 25.2 Å². The van der Waals surface area contributed by atoms with Crippen molar-refractivity contribution >= 4 is 5.91 Å². The molecule has 0 saturated heterocycles. The van der Waals surface area contributed by atoms with E-state index in [0.717, 1.165) is 22.4 Å². The molecule has 0 spiro atoms. The van der Waals surface area contributed by atoms with Crippen LogP contribution >= 0.6 is 0 Å². The molecule has 0 aliphatic heterocycles. The molecule has 2 rings (SSSR count). The van der Waals surface area contributed by atoms with E-state index in [1.54, 1.807) is 33.3 Å². The van der Waals surface area contributed by atoms with Crippen LogP contribution in [0.2, 0.25) is 0 Å². The number of benzene rings is 2. The number of hydrogen-bond acceptors (Lipinski definition) is 4. The van der Waals surface area contributed by atoms with Gasteiger partial charge in [-0.1, -0.05) is 19.9 Å². The van der Waals surface area contributed by atoms with Gasteiger partial charge in [0.15, 0.2) is 6.10 Å². The Morgan fingerprint density at radius 3 is 2.21 bits per heavy atom. The van der Waals surface area contributed by atoms with Gasteiger partial charge in [-0.2, -0.15) is 0 Å². The van der Waals surface area contributed by atoms with Crippen LogP contribution in [0.1, 0.15) is 56.3 Å². The lowest BCUT2D eigenvalue weighted by Crippen LogP contribution is -2.38. The first-order valence-corrected chi connectivity index (χ1v) is 9.56. The highest BCUT2D eigenvalue weighted by Crippen LogP contribution is 2.32. The molecular formula is C23H31NO4. The van der Waals surface area contributed by atoms with Crippen molar-refractivity contribution in [2.75, 3.05) is 14.2 Å². The first kappa shape index (κ1) is 21.6. The zero-order valence-corrected chi connectivity index (χ0v) is 17.8. The van der Waals surface area contributed by atoms with Crippen LogP contribution in [0.3, 0.4) is 0 Å². The Balaban J connectivity index is 2.11. The number of methoxy groups -OCH3 is 2. The van der Waals surface area contributed by atoms with Crippen molar-refractivity contribution in [2.24, 2.45) is 0 Å². The Labute approximate surface area is 168 Å². The maximum atomic E-state index is 12.6. The topological polar surface area (TPSA) is 56.8 Å². The Morgan fingerprint density at radius 1 is 0.929 bits per heavy atom. The molecule has 0 unspecified atom stereocenters. The number of hydrogen-bond donors (Lipinski definition) is 1. The smallest absolute Gasteiger partial charge is 0.261 e. The fourth-order valence-corrected chi connectivity index (χ4v) is 3.15. The third kappa shape index (κ3) is 5.18. The van der Waals surface area contributed by atoms with Crippen molar-refractivity contribution in [3.63, 3.8) is 0 Å². The standard InChI is InChI=1S/C23H31NO4/c1-14(2)20-13-21(15(3)11-22(20)27-7)16(4)24-23(25)17(5)28-19-10-8-9-18(12-19)26-6/h8-14,16-17H,1-7H3,(H,24,25)/t16-,17-/m0/s1. The zero-order valence-electron chi connectivity index (χ0n) is 17.8. The summed E-state index contributed by atoms with van der Waals surface area (Å²) in [5.74, 6) is 2.32. The largest absolute Gasteiger partial charge is 0.497 e. The molecule has 2 aromatic rings. The highest BCUT2D eigenvalue weighted by Gasteiger charge is 2.20. The molecule has 5 nitrogen and oxygen atoms in total. The van der Waals surface area contributed by atoms with Gasteiger partial charge in [0.1, 0.15) is 17.2 Å². The summed E-state index contributed by atoms with van der Waals surface area (Å²) < 4.78 is 16.5. The van der Waals surface area contributed by atoms with E-state index in [1.807, 2.05) is 32.0 Å². The number of amides is 1. The first-order valence-electron chi connectivity index (χ1n) is 9.56. The lowest BCUT2D eigenvalue weighted by atomic mass is 9.93. The first-order chi connectivity index (χ1) is 13.3. The van der Waals surface area contributed by atoms with Crippen LogP contribution < -0.4 is 19.5 Å². The summed E-state index contributed by atoms with van der Waals surface area (Å²) in [6, 6.07) is 11.2. The molecule has 1 N–H and O–H groups in total. The maximum Gasteiger partial charge on any atom is 0.261 e. The minimum atomic E-state index is -0.627. The van der Waals surface area contributed by atoms with E-state index in [9.17, 15) is 4.79 Å². The molecule has 152 valence electrons. The lowest BCUT2D eigenvalue weighted by Gasteiger charge is -2.23. The fraction of sp³-hybridized carbons (Fsp3) is 0.435. The van der Waals surface area contributed by atoms with E-state index in [1.165, 1.54) is 0 Å². The van der Waals surface area contributed by atoms with Gasteiger partial charge in [-0.05, 0) is 67.6 Å². The molecule has 0 aromatic heterocycles. The van der Waals surface area contributed by atoms with E-state index in [4.69, 9.17) is 14.2 Å². The van der Waals surface area contributed by atoms with Crippen molar-refractivity contribution < 1.29 is 19.0 Å². The molecule has 5 heteroatoms. The van der Waals surface area contributed by atoms with Crippen molar-refractivity contribution in [3.8, 4) is 17.2 Å². The summed E-state index contributed by atoms with van der Waals surface area (Å²) in [7, 11) is 3.28. The van der Waals surface area contributed by atoms with E-state index in [0.29, 0.717) is 17.4 Å². The van der Waals surface area contributed by atoms with Gasteiger partial charge in [0, 0.05) is 6.07 Å². The number of ether oxygens (including phenoxy) is 3. The van der Waals surface area contributed by atoms with Gasteiger partial charge < -0.3 is 19.5 Å². The highest BCUT2D eigenvalue weighted by atomic mass is 16.5. The average Bonchev–Trinajstić information content (AvgIpc) is 2.67. The van der Waals surface area contributed by atoms with E-state index in [-0.39, 0.29) is 11.9 Å². The van der Waals surface area contributed by atoms with Gasteiger partial charge in [-0.15, -0.1) is 0 Å². The molecular weight excluding hydrogens is 354 g/mol. The summed E-state index contributed by atoms with van der Waals surface area (Å²) >= 11 is 0. The van der Waals surface area contributed by atoms with Crippen LogP contribution in [-0.4, -0.2) is 26.2 Å². The molecule has 0 heterocycles. The van der Waals surface area contributed by atoms with Crippen LogP contribution in [0.5, 0.6) is 17.2 Å². The highest BCUT2D eigenvalue weighted by molar-refractivity contribution is 5.81. The van der Waals surface area contributed by atoms with Crippen molar-refractivity contribution in [1.82, 2.24) is 5.32 Å². The predicted octanol–water partition coefficient (Wildman–Crippen LogP) is 4.78. The summed E-state index contributed by atoms with van der Waals surface area (Å²) in [5, 5.41) is 3.05. The van der Waals surface area contributed by atoms with Crippen LogP contribution in [0.15, 0.2) is 36.4 Å². The van der Waals surface area contributed by atoms with E-state index < -0.39 is 6.10 Å². The quantitative estimate of drug-likeness (QED) is 0.710. The average molecular weight is 386 g/mol. The summed E-state index contributed by atoms with van der Waals surface area (Å²) in [6.07, 6.45) is -0.627. The Kier molecular flexibility index (Phi) is 7.32. The molecule has 2 atom stereocenters. The monoisotopic (exact) mass is 385 g/mol. The van der Waals surface area contributed by atoms with Crippen LogP contribution in [-0.2, 0) is 4.79 Å². The second-order valence-electron chi connectivity index (χ2n) is 7.27. The molecule has 1 amide bonds. The lowest BCUT2D eigenvalue weighted by molar-refractivity contribution is -0.127. The number of carbonyl (C=O) groups excluding carboxylic acids is 1. The summed E-state index contributed by atoms with van der Waals surface area (Å²) in [4.78, 5) is 12.6. The van der Waals surface area contributed by atoms with E-state index >= 15 is 0 Å². The Hall–Kier alpha value is -2.69. The number of carbonyl (C=O) groups is 1. The second-order valence-corrected chi connectivity index (χ2v) is 7.27. The number of rotatable bonds is 8. The van der Waals surface area contributed by atoms with Crippen LogP contribution in [0, 0.1) is 6.92 Å². The summed E-state index contributed by atoms with van der Waals surface area (Å²) in [6.45, 7) is 10.0. The van der Waals surface area contributed by atoms with Gasteiger partial charge in [-0.3, -0.25) is 4.79 Å². The fourth-order valence-electron chi connectivity index (χ4n) is 3.15. The van der Waals surface area contributed by atoms with Gasteiger partial charge in [0.25, 0.3) is 5.91 Å². The molecule has 0 radical (unpaired) electrons. The number of nitrogens with one attached hydrogen (secondary N) is 1. The molecule has 0 bridgehead atoms. The van der Waals surface area contributed by atoms with Crippen LogP contribution in [0.25, 0.3) is 0 Å². The van der Waals surface area contributed by atoms with Gasteiger partial charge in [0.05, 0.1) is 20.3 Å². The molecule has 28 heavy (non-hydrogen) atoms. The van der Waals surface area contributed by atoms with Crippen molar-refractivity contribution in [2.45, 2.75) is 52.7 Å². The third-order valence-corrected chi connectivity index (χ3v) is 4.79. The molecule has 0 aliphatic rings. The normalized spacial score (nSPS) is 13.0. The molecule has 0 fully saturated rings. The predicted molar refractivity (Wildman–Crippen MR) is 111 cm³/mol. The Bertz CT molecular complexity index is 816. The van der Waals surface area contributed by atoms with Gasteiger partial charge in [-0.25, -0.2) is 0 Å². The molecule has 0 aliphatic carbocycles.